The highest BCUT2D eigenvalue weighted by atomic mass is 79.9. The lowest BCUT2D eigenvalue weighted by Crippen LogP contribution is -2.27. The molecule has 4 nitrogen and oxygen atoms in total. The SMILES string of the molecule is CNC(=O)CCNC(=O)/C=C/CBr. The number of alkyl halides is 1. The molecule has 74 valence electrons. The van der Waals surface area contributed by atoms with E-state index in [1.165, 1.54) is 6.08 Å². The van der Waals surface area contributed by atoms with Crippen molar-refractivity contribution in [2.24, 2.45) is 0 Å². The minimum Gasteiger partial charge on any atom is -0.359 e. The van der Waals surface area contributed by atoms with Crippen LogP contribution in [0.25, 0.3) is 0 Å². The standard InChI is InChI=1S/C8H13BrN2O2/c1-10-7(12)4-6-11-8(13)3-2-5-9/h2-3H,4-6H2,1H3,(H,10,12)(H,11,13)/b3-2+. The van der Waals surface area contributed by atoms with Crippen molar-refractivity contribution in [1.82, 2.24) is 10.6 Å². The van der Waals surface area contributed by atoms with Crippen LogP contribution in [-0.2, 0) is 9.59 Å². The fourth-order valence-corrected chi connectivity index (χ4v) is 0.822. The minimum absolute atomic E-state index is 0.0789. The van der Waals surface area contributed by atoms with Crippen LogP contribution < -0.4 is 10.6 Å². The summed E-state index contributed by atoms with van der Waals surface area (Å²) < 4.78 is 0. The third kappa shape index (κ3) is 7.52. The van der Waals surface area contributed by atoms with E-state index in [0.29, 0.717) is 18.3 Å². The lowest BCUT2D eigenvalue weighted by molar-refractivity contribution is -0.120. The minimum atomic E-state index is -0.177. The normalized spacial score (nSPS) is 10.0. The molecule has 5 heteroatoms. The van der Waals surface area contributed by atoms with Gasteiger partial charge in [-0.1, -0.05) is 22.0 Å². The van der Waals surface area contributed by atoms with Crippen LogP contribution >= 0.6 is 15.9 Å². The number of carbonyl (C=O) groups is 2. The van der Waals surface area contributed by atoms with Crippen LogP contribution in [0.5, 0.6) is 0 Å². The van der Waals surface area contributed by atoms with Gasteiger partial charge in [0.2, 0.25) is 11.8 Å². The van der Waals surface area contributed by atoms with Crippen molar-refractivity contribution in [2.45, 2.75) is 6.42 Å². The molecule has 0 radical (unpaired) electrons. The summed E-state index contributed by atoms with van der Waals surface area (Å²) in [5.41, 5.74) is 0. The molecule has 0 aliphatic carbocycles. The third-order valence-corrected chi connectivity index (χ3v) is 1.66. The second-order valence-corrected chi connectivity index (χ2v) is 2.92. The third-order valence-electron chi connectivity index (χ3n) is 1.29. The van der Waals surface area contributed by atoms with Crippen molar-refractivity contribution in [1.29, 1.82) is 0 Å². The first-order valence-corrected chi connectivity index (χ1v) is 5.03. The Morgan fingerprint density at radius 1 is 1.46 bits per heavy atom. The van der Waals surface area contributed by atoms with Crippen LogP contribution in [-0.4, -0.2) is 30.7 Å². The van der Waals surface area contributed by atoms with E-state index in [4.69, 9.17) is 0 Å². The molecule has 0 saturated carbocycles. The number of nitrogens with one attached hydrogen (secondary N) is 2. The van der Waals surface area contributed by atoms with Gasteiger partial charge < -0.3 is 10.6 Å². The van der Waals surface area contributed by atoms with Crippen LogP contribution in [0.15, 0.2) is 12.2 Å². The molecular weight excluding hydrogens is 236 g/mol. The predicted molar refractivity (Wildman–Crippen MR) is 54.6 cm³/mol. The fourth-order valence-electron chi connectivity index (χ4n) is 0.635. The average Bonchev–Trinajstić information content (AvgIpc) is 2.14. The molecule has 0 aliphatic rings. The quantitative estimate of drug-likeness (QED) is 0.539. The first kappa shape index (κ1) is 12.2. The number of amides is 2. The van der Waals surface area contributed by atoms with Gasteiger partial charge in [-0.15, -0.1) is 0 Å². The zero-order valence-electron chi connectivity index (χ0n) is 7.47. The number of carbonyl (C=O) groups excluding carboxylic acids is 2. The van der Waals surface area contributed by atoms with Gasteiger partial charge in [0.25, 0.3) is 0 Å². The van der Waals surface area contributed by atoms with Crippen LogP contribution in [0.4, 0.5) is 0 Å². The number of allylic oxidation sites excluding steroid dienone is 1. The molecule has 0 heterocycles. The molecule has 0 bridgehead atoms. The molecule has 0 unspecified atom stereocenters. The Labute approximate surface area is 85.9 Å². The van der Waals surface area contributed by atoms with Crippen molar-refractivity contribution in [3.8, 4) is 0 Å². The number of rotatable bonds is 5. The Morgan fingerprint density at radius 3 is 2.69 bits per heavy atom. The van der Waals surface area contributed by atoms with E-state index in [-0.39, 0.29) is 11.8 Å². The van der Waals surface area contributed by atoms with Gasteiger partial charge in [-0.05, 0) is 6.08 Å². The summed E-state index contributed by atoms with van der Waals surface area (Å²) in [5.74, 6) is -0.256. The monoisotopic (exact) mass is 248 g/mol. The molecule has 0 atom stereocenters. The Bertz CT molecular complexity index is 204. The Kier molecular flexibility index (Phi) is 7.29. The Hall–Kier alpha value is -0.840. The van der Waals surface area contributed by atoms with Gasteiger partial charge in [0, 0.05) is 25.3 Å². The van der Waals surface area contributed by atoms with Crippen molar-refractivity contribution >= 4 is 27.7 Å². The zero-order valence-corrected chi connectivity index (χ0v) is 9.06. The van der Waals surface area contributed by atoms with E-state index in [9.17, 15) is 9.59 Å². The van der Waals surface area contributed by atoms with Crippen LogP contribution in [0, 0.1) is 0 Å². The summed E-state index contributed by atoms with van der Waals surface area (Å²) in [4.78, 5) is 21.6. The summed E-state index contributed by atoms with van der Waals surface area (Å²) in [6.45, 7) is 0.366. The molecule has 13 heavy (non-hydrogen) atoms. The lowest BCUT2D eigenvalue weighted by atomic mass is 10.4. The summed E-state index contributed by atoms with van der Waals surface area (Å²) in [5, 5.41) is 5.69. The van der Waals surface area contributed by atoms with Crippen LogP contribution in [0.1, 0.15) is 6.42 Å². The summed E-state index contributed by atoms with van der Waals surface area (Å²) in [7, 11) is 1.56. The summed E-state index contributed by atoms with van der Waals surface area (Å²) in [6, 6.07) is 0. The molecule has 0 aliphatic heterocycles. The highest BCUT2D eigenvalue weighted by Crippen LogP contribution is 1.82. The fraction of sp³-hybridized carbons (Fsp3) is 0.500. The maximum atomic E-state index is 10.9. The molecule has 0 aromatic rings. The summed E-state index contributed by atoms with van der Waals surface area (Å²) in [6.07, 6.45) is 3.43. The molecule has 0 spiro atoms. The van der Waals surface area contributed by atoms with E-state index in [1.54, 1.807) is 13.1 Å². The van der Waals surface area contributed by atoms with Gasteiger partial charge in [0.05, 0.1) is 0 Å². The predicted octanol–water partition coefficient (Wildman–Crippen LogP) is 0.190. The molecule has 0 fully saturated rings. The van der Waals surface area contributed by atoms with E-state index in [2.05, 4.69) is 26.6 Å². The number of halogens is 1. The highest BCUT2D eigenvalue weighted by molar-refractivity contribution is 9.09. The van der Waals surface area contributed by atoms with Gasteiger partial charge >= 0.3 is 0 Å². The topological polar surface area (TPSA) is 58.2 Å². The maximum Gasteiger partial charge on any atom is 0.243 e. The molecule has 0 saturated heterocycles. The highest BCUT2D eigenvalue weighted by Gasteiger charge is 1.98. The van der Waals surface area contributed by atoms with E-state index in [0.717, 1.165) is 0 Å². The largest absolute Gasteiger partial charge is 0.359 e. The van der Waals surface area contributed by atoms with Gasteiger partial charge in [-0.2, -0.15) is 0 Å². The number of hydrogen-bond acceptors (Lipinski definition) is 2. The zero-order chi connectivity index (χ0) is 10.1. The lowest BCUT2D eigenvalue weighted by Gasteiger charge is -2.00. The van der Waals surface area contributed by atoms with E-state index < -0.39 is 0 Å². The second kappa shape index (κ2) is 7.79. The van der Waals surface area contributed by atoms with E-state index >= 15 is 0 Å². The van der Waals surface area contributed by atoms with Gasteiger partial charge in [-0.3, -0.25) is 9.59 Å². The summed E-state index contributed by atoms with van der Waals surface area (Å²) >= 11 is 3.15. The molecule has 0 rings (SSSR count). The maximum absolute atomic E-state index is 10.9. The van der Waals surface area contributed by atoms with Crippen molar-refractivity contribution in [3.63, 3.8) is 0 Å². The van der Waals surface area contributed by atoms with Crippen LogP contribution in [0.2, 0.25) is 0 Å². The smallest absolute Gasteiger partial charge is 0.243 e. The molecule has 0 aromatic heterocycles. The molecule has 0 aromatic carbocycles. The number of hydrogen-bond donors (Lipinski definition) is 2. The molecule has 2 N–H and O–H groups in total. The molecular formula is C8H13BrN2O2. The second-order valence-electron chi connectivity index (χ2n) is 2.27. The first-order valence-electron chi connectivity index (χ1n) is 3.91. The van der Waals surface area contributed by atoms with Crippen LogP contribution in [0.3, 0.4) is 0 Å². The van der Waals surface area contributed by atoms with E-state index in [1.807, 2.05) is 0 Å². The molecule has 2 amide bonds. The Morgan fingerprint density at radius 2 is 2.15 bits per heavy atom. The average molecular weight is 249 g/mol. The van der Waals surface area contributed by atoms with Gasteiger partial charge in [-0.25, -0.2) is 0 Å². The van der Waals surface area contributed by atoms with Crippen molar-refractivity contribution in [2.75, 3.05) is 18.9 Å². The van der Waals surface area contributed by atoms with Crippen molar-refractivity contribution < 1.29 is 9.59 Å². The van der Waals surface area contributed by atoms with Gasteiger partial charge in [0.15, 0.2) is 0 Å². The Balaban J connectivity index is 3.48. The van der Waals surface area contributed by atoms with Crippen molar-refractivity contribution in [3.05, 3.63) is 12.2 Å². The van der Waals surface area contributed by atoms with Gasteiger partial charge in [0.1, 0.15) is 0 Å². The first-order chi connectivity index (χ1) is 6.20.